The van der Waals surface area contributed by atoms with Gasteiger partial charge in [-0.05, 0) is 25.3 Å². The lowest BCUT2D eigenvalue weighted by Gasteiger charge is -2.29. The summed E-state index contributed by atoms with van der Waals surface area (Å²) in [6.45, 7) is 2.21. The number of aromatic hydroxyl groups is 1. The highest BCUT2D eigenvalue weighted by molar-refractivity contribution is 5.62. The summed E-state index contributed by atoms with van der Waals surface area (Å²) in [5.74, 6) is 0.353. The van der Waals surface area contributed by atoms with Gasteiger partial charge in [0.25, 0.3) is 0 Å². The molecular formula is C13H20N2O. The van der Waals surface area contributed by atoms with Crippen molar-refractivity contribution >= 4 is 11.4 Å². The highest BCUT2D eigenvalue weighted by atomic mass is 16.3. The van der Waals surface area contributed by atoms with Crippen LogP contribution in [-0.2, 0) is 0 Å². The fraction of sp³-hybridized carbons (Fsp3) is 0.538. The molecule has 0 atom stereocenters. The van der Waals surface area contributed by atoms with E-state index in [1.807, 2.05) is 25.1 Å². The number of phenols is 1. The third-order valence-electron chi connectivity index (χ3n) is 3.12. The number of benzene rings is 1. The predicted octanol–water partition coefficient (Wildman–Crippen LogP) is 2.45. The van der Waals surface area contributed by atoms with E-state index in [9.17, 15) is 5.11 Å². The molecule has 1 aliphatic heterocycles. The Morgan fingerprint density at radius 3 is 2.38 bits per heavy atom. The summed E-state index contributed by atoms with van der Waals surface area (Å²) < 4.78 is 0. The van der Waals surface area contributed by atoms with Gasteiger partial charge in [0.15, 0.2) is 0 Å². The lowest BCUT2D eigenvalue weighted by atomic mass is 10.1. The summed E-state index contributed by atoms with van der Waals surface area (Å²) in [5, 5.41) is 9.72. The minimum Gasteiger partial charge on any atom is -0.508 e. The molecule has 1 aromatic carbocycles. The monoisotopic (exact) mass is 220 g/mol. The molecule has 0 radical (unpaired) electrons. The Morgan fingerprint density at radius 2 is 1.75 bits per heavy atom. The van der Waals surface area contributed by atoms with Crippen molar-refractivity contribution in [3.63, 3.8) is 0 Å². The molecule has 3 heteroatoms. The van der Waals surface area contributed by atoms with Gasteiger partial charge in [0.1, 0.15) is 5.75 Å². The smallest absolute Gasteiger partial charge is 0.119 e. The average molecular weight is 220 g/mol. The first-order valence-electron chi connectivity index (χ1n) is 5.93. The predicted molar refractivity (Wildman–Crippen MR) is 68.5 cm³/mol. The minimum absolute atomic E-state index is 0.353. The molecule has 2 rings (SSSR count). The molecule has 0 bridgehead atoms. The van der Waals surface area contributed by atoms with Crippen molar-refractivity contribution in [2.24, 2.45) is 0 Å². The van der Waals surface area contributed by atoms with Crippen LogP contribution in [0.4, 0.5) is 11.4 Å². The summed E-state index contributed by atoms with van der Waals surface area (Å²) in [6.07, 6.45) is 3.84. The van der Waals surface area contributed by atoms with Crippen molar-refractivity contribution in [1.29, 1.82) is 0 Å². The number of rotatable bonds is 2. The second-order valence-electron chi connectivity index (χ2n) is 4.65. The Labute approximate surface area is 97.3 Å². The van der Waals surface area contributed by atoms with Gasteiger partial charge in [-0.1, -0.05) is 0 Å². The van der Waals surface area contributed by atoms with E-state index in [2.05, 4.69) is 11.0 Å². The zero-order valence-electron chi connectivity index (χ0n) is 10.1. The second-order valence-corrected chi connectivity index (χ2v) is 4.65. The molecule has 1 aromatic rings. The average Bonchev–Trinajstić information content (AvgIpc) is 2.29. The van der Waals surface area contributed by atoms with Crippen LogP contribution >= 0.6 is 0 Å². The molecule has 1 heterocycles. The molecule has 0 unspecified atom stereocenters. The first-order chi connectivity index (χ1) is 7.66. The second kappa shape index (κ2) is 4.64. The van der Waals surface area contributed by atoms with Gasteiger partial charge >= 0.3 is 0 Å². The van der Waals surface area contributed by atoms with E-state index in [1.54, 1.807) is 6.07 Å². The van der Waals surface area contributed by atoms with Crippen LogP contribution in [0.15, 0.2) is 18.2 Å². The zero-order valence-corrected chi connectivity index (χ0v) is 10.1. The third kappa shape index (κ3) is 2.40. The maximum absolute atomic E-state index is 9.72. The molecule has 0 aromatic heterocycles. The topological polar surface area (TPSA) is 26.7 Å². The van der Waals surface area contributed by atoms with E-state index in [0.29, 0.717) is 5.75 Å². The Hall–Kier alpha value is -1.38. The molecule has 16 heavy (non-hydrogen) atoms. The van der Waals surface area contributed by atoms with Gasteiger partial charge in [-0.25, -0.2) is 0 Å². The van der Waals surface area contributed by atoms with Crippen LogP contribution in [0.2, 0.25) is 0 Å². The van der Waals surface area contributed by atoms with Gasteiger partial charge in [0.05, 0.1) is 0 Å². The standard InChI is InChI=1S/C13H20N2O/c1-14(2)11-8-12(10-13(16)9-11)15-6-4-3-5-7-15/h8-10,16H,3-7H2,1-2H3. The molecule has 0 saturated carbocycles. The minimum atomic E-state index is 0.353. The molecule has 0 amide bonds. The molecular weight excluding hydrogens is 200 g/mol. The van der Waals surface area contributed by atoms with Gasteiger partial charge in [0, 0.05) is 50.7 Å². The molecule has 3 nitrogen and oxygen atoms in total. The number of nitrogens with zero attached hydrogens (tertiary/aromatic N) is 2. The van der Waals surface area contributed by atoms with Gasteiger partial charge < -0.3 is 14.9 Å². The lowest BCUT2D eigenvalue weighted by molar-refractivity contribution is 0.474. The number of hydrogen-bond donors (Lipinski definition) is 1. The Bertz CT molecular complexity index is 357. The molecule has 0 aliphatic carbocycles. The first kappa shape index (κ1) is 11.1. The Morgan fingerprint density at radius 1 is 1.06 bits per heavy atom. The van der Waals surface area contributed by atoms with E-state index < -0.39 is 0 Å². The number of hydrogen-bond acceptors (Lipinski definition) is 3. The van der Waals surface area contributed by atoms with Crippen molar-refractivity contribution in [3.05, 3.63) is 18.2 Å². The van der Waals surface area contributed by atoms with Crippen molar-refractivity contribution in [2.45, 2.75) is 19.3 Å². The molecule has 1 aliphatic rings. The number of piperidine rings is 1. The quantitative estimate of drug-likeness (QED) is 0.829. The van der Waals surface area contributed by atoms with Crippen LogP contribution in [0, 0.1) is 0 Å². The fourth-order valence-electron chi connectivity index (χ4n) is 2.17. The zero-order chi connectivity index (χ0) is 11.5. The van der Waals surface area contributed by atoms with E-state index in [1.165, 1.54) is 19.3 Å². The van der Waals surface area contributed by atoms with Crippen LogP contribution in [0.25, 0.3) is 0 Å². The number of anilines is 2. The highest BCUT2D eigenvalue weighted by Crippen LogP contribution is 2.29. The van der Waals surface area contributed by atoms with Gasteiger partial charge in [-0.15, -0.1) is 0 Å². The van der Waals surface area contributed by atoms with E-state index in [0.717, 1.165) is 24.5 Å². The van der Waals surface area contributed by atoms with Crippen LogP contribution in [0.1, 0.15) is 19.3 Å². The summed E-state index contributed by atoms with van der Waals surface area (Å²) in [7, 11) is 3.99. The van der Waals surface area contributed by atoms with Gasteiger partial charge in [-0.3, -0.25) is 0 Å². The Kier molecular flexibility index (Phi) is 3.22. The summed E-state index contributed by atoms with van der Waals surface area (Å²) in [4.78, 5) is 4.38. The number of phenolic OH excluding ortho intramolecular Hbond substituents is 1. The summed E-state index contributed by atoms with van der Waals surface area (Å²) in [6, 6.07) is 5.80. The van der Waals surface area contributed by atoms with Gasteiger partial charge in [-0.2, -0.15) is 0 Å². The fourth-order valence-corrected chi connectivity index (χ4v) is 2.17. The van der Waals surface area contributed by atoms with E-state index in [-0.39, 0.29) is 0 Å². The molecule has 1 saturated heterocycles. The van der Waals surface area contributed by atoms with Crippen molar-refractivity contribution in [2.75, 3.05) is 37.0 Å². The van der Waals surface area contributed by atoms with Gasteiger partial charge in [0.2, 0.25) is 0 Å². The van der Waals surface area contributed by atoms with Crippen LogP contribution < -0.4 is 9.80 Å². The van der Waals surface area contributed by atoms with Crippen molar-refractivity contribution in [1.82, 2.24) is 0 Å². The molecule has 1 N–H and O–H groups in total. The maximum atomic E-state index is 9.72. The van der Waals surface area contributed by atoms with Crippen LogP contribution in [0.3, 0.4) is 0 Å². The largest absolute Gasteiger partial charge is 0.508 e. The van der Waals surface area contributed by atoms with Crippen LogP contribution in [0.5, 0.6) is 5.75 Å². The maximum Gasteiger partial charge on any atom is 0.119 e. The van der Waals surface area contributed by atoms with E-state index in [4.69, 9.17) is 0 Å². The van der Waals surface area contributed by atoms with Crippen molar-refractivity contribution in [3.8, 4) is 5.75 Å². The summed E-state index contributed by atoms with van der Waals surface area (Å²) in [5.41, 5.74) is 2.20. The molecule has 1 fully saturated rings. The first-order valence-corrected chi connectivity index (χ1v) is 5.93. The lowest BCUT2D eigenvalue weighted by Crippen LogP contribution is -2.29. The van der Waals surface area contributed by atoms with Crippen LogP contribution in [-0.4, -0.2) is 32.3 Å². The molecule has 0 spiro atoms. The SMILES string of the molecule is CN(C)c1cc(O)cc(N2CCCCC2)c1. The normalized spacial score (nSPS) is 16.2. The van der Waals surface area contributed by atoms with Crippen molar-refractivity contribution < 1.29 is 5.11 Å². The third-order valence-corrected chi connectivity index (χ3v) is 3.12. The van der Waals surface area contributed by atoms with E-state index >= 15 is 0 Å². The molecule has 88 valence electrons. The Balaban J connectivity index is 2.25. The highest BCUT2D eigenvalue weighted by Gasteiger charge is 2.12. The summed E-state index contributed by atoms with van der Waals surface area (Å²) >= 11 is 0.